The SMILES string of the molecule is COC(=O)c1nc(C(F)F)cc(Cl)c1C#N. The van der Waals surface area contributed by atoms with Crippen molar-refractivity contribution in [3.63, 3.8) is 0 Å². The van der Waals surface area contributed by atoms with Crippen molar-refractivity contribution in [2.24, 2.45) is 0 Å². The molecule has 0 radical (unpaired) electrons. The first-order valence-electron chi connectivity index (χ1n) is 3.98. The molecule has 0 fully saturated rings. The van der Waals surface area contributed by atoms with Gasteiger partial charge in [0.15, 0.2) is 5.69 Å². The van der Waals surface area contributed by atoms with Gasteiger partial charge in [0.1, 0.15) is 17.3 Å². The van der Waals surface area contributed by atoms with Gasteiger partial charge in [-0.15, -0.1) is 0 Å². The van der Waals surface area contributed by atoms with Crippen LogP contribution >= 0.6 is 11.6 Å². The van der Waals surface area contributed by atoms with E-state index in [2.05, 4.69) is 9.72 Å². The average Bonchev–Trinajstić information content (AvgIpc) is 2.26. The molecule has 4 nitrogen and oxygen atoms in total. The summed E-state index contributed by atoms with van der Waals surface area (Å²) in [5.74, 6) is -0.985. The van der Waals surface area contributed by atoms with Crippen LogP contribution < -0.4 is 0 Å². The van der Waals surface area contributed by atoms with Crippen molar-refractivity contribution < 1.29 is 18.3 Å². The van der Waals surface area contributed by atoms with Gasteiger partial charge in [-0.05, 0) is 6.07 Å². The van der Waals surface area contributed by atoms with E-state index >= 15 is 0 Å². The van der Waals surface area contributed by atoms with Crippen molar-refractivity contribution in [2.75, 3.05) is 7.11 Å². The second-order valence-corrected chi connectivity index (χ2v) is 3.06. The molecular formula is C9H5ClF2N2O2. The third-order valence-corrected chi connectivity index (χ3v) is 2.00. The maximum Gasteiger partial charge on any atom is 0.358 e. The standard InChI is InChI=1S/C9H5ClF2N2O2/c1-16-9(15)7-4(3-13)5(10)2-6(14-7)8(11)12/h2,8H,1H3. The molecule has 0 saturated heterocycles. The number of rotatable bonds is 2. The molecule has 84 valence electrons. The molecule has 1 heterocycles. The molecule has 1 aromatic heterocycles. The molecule has 0 spiro atoms. The van der Waals surface area contributed by atoms with Crippen molar-refractivity contribution in [3.05, 3.63) is 28.0 Å². The summed E-state index contributed by atoms with van der Waals surface area (Å²) in [6.45, 7) is 0. The number of halogens is 3. The zero-order valence-electron chi connectivity index (χ0n) is 8.00. The number of aromatic nitrogens is 1. The number of alkyl halides is 2. The summed E-state index contributed by atoms with van der Waals surface area (Å²) in [5.41, 5.74) is -1.46. The van der Waals surface area contributed by atoms with Crippen LogP contribution in [-0.2, 0) is 4.74 Å². The molecule has 1 aromatic rings. The van der Waals surface area contributed by atoms with E-state index in [0.29, 0.717) is 0 Å². The molecule has 0 saturated carbocycles. The van der Waals surface area contributed by atoms with E-state index in [1.165, 1.54) is 0 Å². The molecule has 7 heteroatoms. The summed E-state index contributed by atoms with van der Waals surface area (Å²) in [4.78, 5) is 14.5. The van der Waals surface area contributed by atoms with Crippen LogP contribution in [0, 0.1) is 11.3 Å². The Balaban J connectivity index is 3.44. The van der Waals surface area contributed by atoms with Crippen molar-refractivity contribution in [1.82, 2.24) is 4.98 Å². The van der Waals surface area contributed by atoms with Gasteiger partial charge in [0.2, 0.25) is 0 Å². The Morgan fingerprint density at radius 2 is 2.31 bits per heavy atom. The molecule has 16 heavy (non-hydrogen) atoms. The average molecular weight is 247 g/mol. The van der Waals surface area contributed by atoms with Gasteiger partial charge in [-0.3, -0.25) is 0 Å². The molecule has 1 rings (SSSR count). The lowest BCUT2D eigenvalue weighted by atomic mass is 10.2. The Labute approximate surface area is 94.4 Å². The highest BCUT2D eigenvalue weighted by atomic mass is 35.5. The number of pyridine rings is 1. The van der Waals surface area contributed by atoms with Crippen LogP contribution in [0.15, 0.2) is 6.07 Å². The fourth-order valence-corrected chi connectivity index (χ4v) is 1.24. The topological polar surface area (TPSA) is 63.0 Å². The minimum absolute atomic E-state index is 0.256. The zero-order chi connectivity index (χ0) is 12.3. The summed E-state index contributed by atoms with van der Waals surface area (Å²) < 4.78 is 29.1. The first-order chi connectivity index (χ1) is 7.51. The number of ether oxygens (including phenoxy) is 1. The Hall–Kier alpha value is -1.74. The predicted molar refractivity (Wildman–Crippen MR) is 50.3 cm³/mol. The van der Waals surface area contributed by atoms with E-state index in [1.54, 1.807) is 6.07 Å². The summed E-state index contributed by atoms with van der Waals surface area (Å²) in [6.07, 6.45) is -2.88. The molecule has 0 N–H and O–H groups in total. The fraction of sp³-hybridized carbons (Fsp3) is 0.222. The van der Waals surface area contributed by atoms with E-state index < -0.39 is 23.8 Å². The maximum absolute atomic E-state index is 12.4. The van der Waals surface area contributed by atoms with Gasteiger partial charge in [0, 0.05) is 0 Å². The predicted octanol–water partition coefficient (Wildman–Crippen LogP) is 2.33. The minimum atomic E-state index is -2.88. The van der Waals surface area contributed by atoms with Crippen molar-refractivity contribution >= 4 is 17.6 Å². The number of methoxy groups -OCH3 is 1. The second-order valence-electron chi connectivity index (χ2n) is 2.66. The molecule has 0 aliphatic rings. The number of nitriles is 1. The summed E-state index contributed by atoms with van der Waals surface area (Å²) >= 11 is 5.58. The monoisotopic (exact) mass is 246 g/mol. The van der Waals surface area contributed by atoms with Crippen LogP contribution in [0.3, 0.4) is 0 Å². The number of nitrogens with zero attached hydrogens (tertiary/aromatic N) is 2. The Kier molecular flexibility index (Phi) is 3.74. The molecule has 0 atom stereocenters. The van der Waals surface area contributed by atoms with E-state index in [-0.39, 0.29) is 10.6 Å². The van der Waals surface area contributed by atoms with Crippen LogP contribution in [0.4, 0.5) is 8.78 Å². The van der Waals surface area contributed by atoms with Gasteiger partial charge in [-0.2, -0.15) is 5.26 Å². The van der Waals surface area contributed by atoms with Gasteiger partial charge in [0.25, 0.3) is 6.43 Å². The normalized spacial score (nSPS) is 10.0. The number of hydrogen-bond donors (Lipinski definition) is 0. The quantitative estimate of drug-likeness (QED) is 0.752. The first kappa shape index (κ1) is 12.3. The minimum Gasteiger partial charge on any atom is -0.464 e. The van der Waals surface area contributed by atoms with Crippen LogP contribution in [0.1, 0.15) is 28.2 Å². The molecule has 0 aromatic carbocycles. The van der Waals surface area contributed by atoms with Crippen molar-refractivity contribution in [3.8, 4) is 6.07 Å². The van der Waals surface area contributed by atoms with Crippen molar-refractivity contribution in [1.29, 1.82) is 5.26 Å². The van der Waals surface area contributed by atoms with Crippen LogP contribution in [0.5, 0.6) is 0 Å². The van der Waals surface area contributed by atoms with E-state index in [9.17, 15) is 13.6 Å². The molecule has 0 amide bonds. The smallest absolute Gasteiger partial charge is 0.358 e. The summed E-state index contributed by atoms with van der Waals surface area (Å²) in [5, 5.41) is 8.45. The molecule has 0 unspecified atom stereocenters. The second kappa shape index (κ2) is 4.86. The van der Waals surface area contributed by atoms with Crippen molar-refractivity contribution in [2.45, 2.75) is 6.43 Å². The molecule has 0 aliphatic carbocycles. The van der Waals surface area contributed by atoms with Gasteiger partial charge in [0.05, 0.1) is 12.1 Å². The first-order valence-corrected chi connectivity index (χ1v) is 4.36. The van der Waals surface area contributed by atoms with Gasteiger partial charge in [-0.25, -0.2) is 18.6 Å². The Bertz CT molecular complexity index is 471. The summed E-state index contributed by atoms with van der Waals surface area (Å²) in [6, 6.07) is 2.45. The lowest BCUT2D eigenvalue weighted by Gasteiger charge is -2.06. The molecule has 0 bridgehead atoms. The summed E-state index contributed by atoms with van der Waals surface area (Å²) in [7, 11) is 1.05. The lowest BCUT2D eigenvalue weighted by molar-refractivity contribution is 0.0592. The maximum atomic E-state index is 12.4. The number of esters is 1. The van der Waals surface area contributed by atoms with Crippen LogP contribution in [0.25, 0.3) is 0 Å². The Morgan fingerprint density at radius 1 is 1.69 bits per heavy atom. The number of carbonyl (C=O) groups excluding carboxylic acids is 1. The van der Waals surface area contributed by atoms with E-state index in [1.807, 2.05) is 0 Å². The highest BCUT2D eigenvalue weighted by molar-refractivity contribution is 6.32. The van der Waals surface area contributed by atoms with Crippen LogP contribution in [0.2, 0.25) is 5.02 Å². The lowest BCUT2D eigenvalue weighted by Crippen LogP contribution is -2.10. The van der Waals surface area contributed by atoms with E-state index in [0.717, 1.165) is 13.2 Å². The largest absolute Gasteiger partial charge is 0.464 e. The fourth-order valence-electron chi connectivity index (χ4n) is 0.995. The third kappa shape index (κ3) is 2.25. The van der Waals surface area contributed by atoms with Gasteiger partial charge < -0.3 is 4.74 Å². The van der Waals surface area contributed by atoms with Crippen LogP contribution in [-0.4, -0.2) is 18.1 Å². The van der Waals surface area contributed by atoms with Gasteiger partial charge >= 0.3 is 5.97 Å². The molecule has 0 aliphatic heterocycles. The number of carbonyl (C=O) groups is 1. The van der Waals surface area contributed by atoms with Gasteiger partial charge in [-0.1, -0.05) is 11.6 Å². The molecular weight excluding hydrogens is 242 g/mol. The number of hydrogen-bond acceptors (Lipinski definition) is 4. The Morgan fingerprint density at radius 3 is 2.75 bits per heavy atom. The van der Waals surface area contributed by atoms with E-state index in [4.69, 9.17) is 16.9 Å². The highest BCUT2D eigenvalue weighted by Crippen LogP contribution is 2.25. The third-order valence-electron chi connectivity index (χ3n) is 1.71. The zero-order valence-corrected chi connectivity index (χ0v) is 8.76. The highest BCUT2D eigenvalue weighted by Gasteiger charge is 2.21.